The maximum Gasteiger partial charge on any atom is 0.0578 e. The Hall–Kier alpha value is -0.800. The molecule has 0 radical (unpaired) electrons. The maximum atomic E-state index is 3.53. The molecule has 0 aliphatic carbocycles. The van der Waals surface area contributed by atoms with E-state index in [1.165, 1.54) is 16.1 Å². The molecule has 0 amide bonds. The van der Waals surface area contributed by atoms with Gasteiger partial charge in [-0.1, -0.05) is 26.0 Å². The highest BCUT2D eigenvalue weighted by atomic mass is 79.9. The first-order chi connectivity index (χ1) is 8.56. The summed E-state index contributed by atoms with van der Waals surface area (Å²) in [6, 6.07) is 11.2. The lowest BCUT2D eigenvalue weighted by atomic mass is 10.0. The average Bonchev–Trinajstić information content (AvgIpc) is 2.76. The lowest BCUT2D eigenvalue weighted by Gasteiger charge is -2.14. The molecule has 18 heavy (non-hydrogen) atoms. The molecule has 2 aromatic rings. The summed E-state index contributed by atoms with van der Waals surface area (Å²) in [7, 11) is 0. The van der Waals surface area contributed by atoms with Crippen LogP contribution in [0.25, 0.3) is 0 Å². The van der Waals surface area contributed by atoms with Crippen LogP contribution < -0.4 is 5.32 Å². The molecule has 0 saturated carbocycles. The molecule has 3 heteroatoms. The highest BCUT2D eigenvalue weighted by molar-refractivity contribution is 9.10. The van der Waals surface area contributed by atoms with Crippen molar-refractivity contribution in [1.82, 2.24) is 0 Å². The number of nitrogens with one attached hydrogen (secondary N) is 1. The third kappa shape index (κ3) is 3.36. The molecular weight excluding hydrogens is 306 g/mol. The number of benzene rings is 1. The van der Waals surface area contributed by atoms with Crippen LogP contribution in [0.5, 0.6) is 0 Å². The summed E-state index contributed by atoms with van der Waals surface area (Å²) in [5, 5.41) is 5.65. The van der Waals surface area contributed by atoms with Gasteiger partial charge in [0.1, 0.15) is 0 Å². The molecule has 0 fully saturated rings. The molecule has 2 rings (SSSR count). The summed E-state index contributed by atoms with van der Waals surface area (Å²) < 4.78 is 1.16. The second-order valence-corrected chi connectivity index (χ2v) is 6.67. The van der Waals surface area contributed by atoms with Gasteiger partial charge in [0.25, 0.3) is 0 Å². The Morgan fingerprint density at radius 2 is 1.78 bits per heavy atom. The quantitative estimate of drug-likeness (QED) is 0.748. The monoisotopic (exact) mass is 323 g/mol. The highest BCUT2D eigenvalue weighted by Gasteiger charge is 2.08. The number of hydrogen-bond acceptors (Lipinski definition) is 2. The first kappa shape index (κ1) is 13.6. The molecule has 1 aromatic heterocycles. The Kier molecular flexibility index (Phi) is 4.46. The van der Waals surface area contributed by atoms with Crippen LogP contribution in [0.3, 0.4) is 0 Å². The molecule has 96 valence electrons. The zero-order valence-electron chi connectivity index (χ0n) is 10.9. The number of hydrogen-bond donors (Lipinski definition) is 1. The second kappa shape index (κ2) is 5.89. The van der Waals surface area contributed by atoms with Crippen molar-refractivity contribution < 1.29 is 0 Å². The summed E-state index contributed by atoms with van der Waals surface area (Å²) in [4.78, 5) is 1.34. The van der Waals surface area contributed by atoms with E-state index in [2.05, 4.69) is 77.7 Å². The van der Waals surface area contributed by atoms with E-state index in [9.17, 15) is 0 Å². The number of halogens is 1. The van der Waals surface area contributed by atoms with E-state index in [1.807, 2.05) is 0 Å². The molecule has 1 heterocycles. The van der Waals surface area contributed by atoms with Crippen molar-refractivity contribution in [2.75, 3.05) is 5.32 Å². The van der Waals surface area contributed by atoms with Gasteiger partial charge >= 0.3 is 0 Å². The van der Waals surface area contributed by atoms with Crippen LogP contribution in [0.2, 0.25) is 0 Å². The minimum absolute atomic E-state index is 0.339. The van der Waals surface area contributed by atoms with Crippen molar-refractivity contribution >= 4 is 33.0 Å². The predicted molar refractivity (Wildman–Crippen MR) is 84.6 cm³/mol. The topological polar surface area (TPSA) is 12.0 Å². The normalized spacial score (nSPS) is 12.7. The maximum absolute atomic E-state index is 3.53. The van der Waals surface area contributed by atoms with Gasteiger partial charge in [0, 0.05) is 20.4 Å². The van der Waals surface area contributed by atoms with Crippen molar-refractivity contribution in [2.45, 2.75) is 32.7 Å². The second-order valence-electron chi connectivity index (χ2n) is 4.81. The van der Waals surface area contributed by atoms with Gasteiger partial charge in [0.15, 0.2) is 0 Å². The SMILES string of the molecule is CC(C)c1ccc(NC(C)c2cc(Br)cs2)cc1. The Labute approximate surface area is 121 Å². The first-order valence-corrected chi connectivity index (χ1v) is 7.84. The lowest BCUT2D eigenvalue weighted by molar-refractivity contribution is 0.864. The molecule has 1 nitrogen and oxygen atoms in total. The minimum Gasteiger partial charge on any atom is -0.378 e. The van der Waals surface area contributed by atoms with E-state index in [1.54, 1.807) is 11.3 Å². The predicted octanol–water partition coefficient (Wildman–Crippen LogP) is 5.81. The Balaban J connectivity index is 2.05. The first-order valence-electron chi connectivity index (χ1n) is 6.16. The molecule has 0 spiro atoms. The van der Waals surface area contributed by atoms with E-state index >= 15 is 0 Å². The lowest BCUT2D eigenvalue weighted by Crippen LogP contribution is -2.04. The van der Waals surface area contributed by atoms with E-state index in [0.29, 0.717) is 12.0 Å². The molecule has 1 unspecified atom stereocenters. The number of anilines is 1. The van der Waals surface area contributed by atoms with Gasteiger partial charge in [-0.3, -0.25) is 0 Å². The van der Waals surface area contributed by atoms with Crippen LogP contribution in [0.15, 0.2) is 40.2 Å². The highest BCUT2D eigenvalue weighted by Crippen LogP contribution is 2.28. The van der Waals surface area contributed by atoms with Crippen molar-refractivity contribution in [1.29, 1.82) is 0 Å². The van der Waals surface area contributed by atoms with Gasteiger partial charge in [-0.15, -0.1) is 11.3 Å². The van der Waals surface area contributed by atoms with Crippen molar-refractivity contribution in [3.63, 3.8) is 0 Å². The van der Waals surface area contributed by atoms with Crippen molar-refractivity contribution in [2.24, 2.45) is 0 Å². The van der Waals surface area contributed by atoms with Gasteiger partial charge in [-0.2, -0.15) is 0 Å². The van der Waals surface area contributed by atoms with Crippen LogP contribution in [-0.4, -0.2) is 0 Å². The third-order valence-corrected chi connectivity index (χ3v) is 4.85. The molecule has 1 atom stereocenters. The summed E-state index contributed by atoms with van der Waals surface area (Å²) in [6.45, 7) is 6.62. The van der Waals surface area contributed by atoms with Crippen molar-refractivity contribution in [3.05, 3.63) is 50.6 Å². The summed E-state index contributed by atoms with van der Waals surface area (Å²) >= 11 is 5.27. The third-order valence-electron chi connectivity index (χ3n) is 2.98. The summed E-state index contributed by atoms with van der Waals surface area (Å²) in [5.74, 6) is 0.588. The molecule has 0 bridgehead atoms. The van der Waals surface area contributed by atoms with Crippen LogP contribution in [0.1, 0.15) is 43.2 Å². The summed E-state index contributed by atoms with van der Waals surface area (Å²) in [6.07, 6.45) is 0. The van der Waals surface area contributed by atoms with Gasteiger partial charge in [-0.05, 0) is 52.5 Å². The van der Waals surface area contributed by atoms with Crippen LogP contribution in [0, 0.1) is 0 Å². The average molecular weight is 324 g/mol. The van der Waals surface area contributed by atoms with Gasteiger partial charge in [-0.25, -0.2) is 0 Å². The summed E-state index contributed by atoms with van der Waals surface area (Å²) in [5.41, 5.74) is 2.56. The zero-order chi connectivity index (χ0) is 13.1. The molecule has 0 aliphatic heterocycles. The largest absolute Gasteiger partial charge is 0.378 e. The van der Waals surface area contributed by atoms with Crippen LogP contribution >= 0.6 is 27.3 Å². The molecule has 0 saturated heterocycles. The number of rotatable bonds is 4. The van der Waals surface area contributed by atoms with Crippen LogP contribution in [0.4, 0.5) is 5.69 Å². The van der Waals surface area contributed by atoms with E-state index < -0.39 is 0 Å². The Morgan fingerprint density at radius 3 is 2.28 bits per heavy atom. The molecular formula is C15H18BrNS. The van der Waals surface area contributed by atoms with Gasteiger partial charge in [0.05, 0.1) is 6.04 Å². The smallest absolute Gasteiger partial charge is 0.0578 e. The minimum atomic E-state index is 0.339. The van der Waals surface area contributed by atoms with Gasteiger partial charge in [0.2, 0.25) is 0 Å². The molecule has 0 aliphatic rings. The van der Waals surface area contributed by atoms with Crippen molar-refractivity contribution in [3.8, 4) is 0 Å². The fourth-order valence-corrected chi connectivity index (χ4v) is 3.29. The fraction of sp³-hybridized carbons (Fsp3) is 0.333. The standard InChI is InChI=1S/C15H18BrNS/c1-10(2)12-4-6-14(7-5-12)17-11(3)15-8-13(16)9-18-15/h4-11,17H,1-3H3. The molecule has 1 N–H and O–H groups in total. The van der Waals surface area contributed by atoms with Gasteiger partial charge < -0.3 is 5.32 Å². The van der Waals surface area contributed by atoms with Crippen LogP contribution in [-0.2, 0) is 0 Å². The van der Waals surface area contributed by atoms with E-state index in [-0.39, 0.29) is 0 Å². The zero-order valence-corrected chi connectivity index (χ0v) is 13.3. The molecule has 1 aromatic carbocycles. The van der Waals surface area contributed by atoms with E-state index in [4.69, 9.17) is 0 Å². The Bertz CT molecular complexity index is 501. The number of thiophene rings is 1. The van der Waals surface area contributed by atoms with E-state index in [0.717, 1.165) is 4.47 Å². The fourth-order valence-electron chi connectivity index (χ4n) is 1.84. The Morgan fingerprint density at radius 1 is 1.11 bits per heavy atom.